The number of hydrogen-bond donors (Lipinski definition) is 4. The molecule has 16 nitrogen and oxygen atoms in total. The van der Waals surface area contributed by atoms with E-state index < -0.39 is 42.3 Å². The molecule has 0 spiro atoms. The van der Waals surface area contributed by atoms with Gasteiger partial charge in [0.1, 0.15) is 18.0 Å². The van der Waals surface area contributed by atoms with Crippen LogP contribution in [-0.4, -0.2) is 146 Å². The van der Waals surface area contributed by atoms with Gasteiger partial charge >= 0.3 is 0 Å². The highest BCUT2D eigenvalue weighted by Crippen LogP contribution is 2.39. The number of amides is 5. The lowest BCUT2D eigenvalue weighted by atomic mass is 9.91. The second-order valence-corrected chi connectivity index (χ2v) is 18.3. The lowest BCUT2D eigenvalue weighted by Crippen LogP contribution is -2.54. The highest BCUT2D eigenvalue weighted by atomic mass is 19.3. The van der Waals surface area contributed by atoms with E-state index in [1.54, 1.807) is 49.2 Å². The van der Waals surface area contributed by atoms with E-state index in [1.807, 2.05) is 4.90 Å². The second-order valence-electron chi connectivity index (χ2n) is 18.3. The number of hydrogen-bond acceptors (Lipinski definition) is 13. The van der Waals surface area contributed by atoms with Gasteiger partial charge in [-0.2, -0.15) is 0 Å². The first-order valence-electron chi connectivity index (χ1n) is 23.3. The van der Waals surface area contributed by atoms with Crippen molar-refractivity contribution >= 4 is 47.0 Å². The normalized spacial score (nSPS) is 22.4. The number of carbonyl (C=O) groups is 5. The Kier molecular flexibility index (Phi) is 14.5. The van der Waals surface area contributed by atoms with Crippen molar-refractivity contribution in [1.82, 2.24) is 30.2 Å². The van der Waals surface area contributed by atoms with Crippen molar-refractivity contribution in [3.8, 4) is 5.75 Å². The third kappa shape index (κ3) is 9.86. The summed E-state index contributed by atoms with van der Waals surface area (Å²) in [4.78, 5) is 77.4. The lowest BCUT2D eigenvalue weighted by Gasteiger charge is -2.42. The van der Waals surface area contributed by atoms with E-state index in [0.717, 1.165) is 93.1 Å². The first-order valence-corrected chi connectivity index (χ1v) is 23.3. The van der Waals surface area contributed by atoms with Crippen LogP contribution in [0.1, 0.15) is 102 Å². The smallest absolute Gasteiger partial charge is 0.266 e. The van der Waals surface area contributed by atoms with Gasteiger partial charge in [-0.15, -0.1) is 0 Å². The molecule has 3 saturated heterocycles. The number of anilines is 1. The Hall–Kier alpha value is -5.72. The molecule has 2 aromatic carbocycles. The number of carbonyl (C=O) groups excluding carboxylic acids is 5. The molecule has 0 aromatic heterocycles. The number of imide groups is 2. The van der Waals surface area contributed by atoms with Crippen LogP contribution in [0.4, 0.5) is 14.5 Å². The highest BCUT2D eigenvalue weighted by molar-refractivity contribution is 6.24. The maximum absolute atomic E-state index is 14.6. The number of fused-ring (bicyclic) bond motifs is 2. The molecule has 18 heteroatoms. The molecule has 354 valence electrons. The van der Waals surface area contributed by atoms with Crippen molar-refractivity contribution in [2.24, 2.45) is 22.4 Å². The van der Waals surface area contributed by atoms with E-state index in [2.05, 4.69) is 25.4 Å². The molecule has 5 amide bonds. The summed E-state index contributed by atoms with van der Waals surface area (Å²) >= 11 is 0. The Morgan fingerprint density at radius 1 is 0.955 bits per heavy atom. The third-order valence-electron chi connectivity index (χ3n) is 14.2. The number of ether oxygens (including phenoxy) is 1. The number of nitrogens with zero attached hydrogens (tertiary/aromatic N) is 6. The van der Waals surface area contributed by atoms with Crippen LogP contribution in [0.2, 0.25) is 0 Å². The van der Waals surface area contributed by atoms with Crippen molar-refractivity contribution in [3.63, 3.8) is 0 Å². The number of nitrogens with two attached hydrogens (primary N) is 2. The number of likely N-dealkylation sites (tertiary alicyclic amines) is 2. The van der Waals surface area contributed by atoms with Crippen molar-refractivity contribution in [2.45, 2.75) is 89.4 Å². The molecule has 2 atom stereocenters. The van der Waals surface area contributed by atoms with Gasteiger partial charge in [-0.3, -0.25) is 39.2 Å². The van der Waals surface area contributed by atoms with E-state index in [4.69, 9.17) is 16.2 Å². The minimum atomic E-state index is -2.73. The topological polar surface area (TPSA) is 199 Å². The lowest BCUT2D eigenvalue weighted by molar-refractivity contribution is -0.136. The van der Waals surface area contributed by atoms with Crippen molar-refractivity contribution in [2.75, 3.05) is 77.5 Å². The van der Waals surface area contributed by atoms with Crippen LogP contribution in [0.15, 0.2) is 52.8 Å². The van der Waals surface area contributed by atoms with Crippen molar-refractivity contribution in [1.29, 1.82) is 0 Å². The number of benzene rings is 2. The first kappa shape index (κ1) is 46.8. The second kappa shape index (κ2) is 20.4. The molecule has 0 bridgehead atoms. The fourth-order valence-electron chi connectivity index (χ4n) is 10.4. The molecular formula is C48H62F2N10O6. The van der Waals surface area contributed by atoms with Crippen LogP contribution in [-0.2, 0) is 20.8 Å². The molecule has 66 heavy (non-hydrogen) atoms. The number of nitrogens with one attached hydrogen (secondary N) is 2. The molecular weight excluding hydrogens is 851 g/mol. The minimum absolute atomic E-state index is 0.0277. The van der Waals surface area contributed by atoms with Crippen LogP contribution in [0.3, 0.4) is 0 Å². The van der Waals surface area contributed by atoms with Gasteiger partial charge in [-0.05, 0) is 99.3 Å². The summed E-state index contributed by atoms with van der Waals surface area (Å²) in [5, 5.41) is 6.08. The predicted molar refractivity (Wildman–Crippen MR) is 246 cm³/mol. The molecule has 6 N–H and O–H groups in total. The van der Waals surface area contributed by atoms with E-state index in [0.29, 0.717) is 61.7 Å². The fraction of sp³-hybridized carbons (Fsp3) is 0.542. The summed E-state index contributed by atoms with van der Waals surface area (Å²) in [5.41, 5.74) is 17.6. The van der Waals surface area contributed by atoms with Gasteiger partial charge in [-0.25, -0.2) is 8.78 Å². The van der Waals surface area contributed by atoms with E-state index in [1.165, 1.54) is 12.4 Å². The van der Waals surface area contributed by atoms with Crippen LogP contribution >= 0.6 is 0 Å². The quantitative estimate of drug-likeness (QED) is 0.160. The molecule has 0 radical (unpaired) electrons. The molecule has 6 aliphatic heterocycles. The zero-order valence-corrected chi connectivity index (χ0v) is 37.9. The molecule has 6 heterocycles. The zero-order chi connectivity index (χ0) is 46.6. The third-order valence-corrected chi connectivity index (χ3v) is 14.2. The van der Waals surface area contributed by atoms with Gasteiger partial charge in [0.2, 0.25) is 17.7 Å². The molecule has 3 fully saturated rings. The Morgan fingerprint density at radius 3 is 2.35 bits per heavy atom. The Morgan fingerprint density at radius 2 is 1.68 bits per heavy atom. The SMILES string of the molecule is CN=C/C(=C\N)c1cc2c(cc1C(F)F)N(C(N)C1=C(NC3CCN(CCN4CCC(COc5cccc6c5C(=O)N(C5CCC(=O)NC5=O)C6=O)CC4)CC3)CCN(C(C)=O)C1)CCC2. The number of allylic oxidation sites excluding steroid dienone is 1. The number of alkyl halides is 2. The van der Waals surface area contributed by atoms with E-state index in [9.17, 15) is 32.8 Å². The Labute approximate surface area is 384 Å². The van der Waals surface area contributed by atoms with Crippen LogP contribution in [0.5, 0.6) is 5.75 Å². The van der Waals surface area contributed by atoms with Gasteiger partial charge in [0.25, 0.3) is 18.2 Å². The average molecular weight is 913 g/mol. The standard InChI is InChI=1S/C48H62F2N10O6/c1-29(61)58-20-14-38(37(27-58)45(52)59-15-4-5-31-23-35(32(25-51)26-53-2)36(44(49)50)24-40(31)59)54-33-12-18-57(19-13-33)22-21-56-16-10-30(11-17-56)28-66-41-7-3-6-34-43(41)48(65)60(47(34)64)39-8-9-42(62)55-46(39)63/h3,6-7,23-26,30,33,39,44-45,54H,4-5,8-22,27-28,51-52H2,1-2H3,(H,55,62,63)/b32-25+,53-26?. The summed E-state index contributed by atoms with van der Waals surface area (Å²) in [6.45, 7) is 9.20. The van der Waals surface area contributed by atoms with Crippen LogP contribution < -0.4 is 31.7 Å². The van der Waals surface area contributed by atoms with E-state index >= 15 is 0 Å². The number of aryl methyl sites for hydroxylation is 1. The Bertz CT molecular complexity index is 2300. The average Bonchev–Trinajstić information content (AvgIpc) is 3.57. The monoisotopic (exact) mass is 912 g/mol. The molecule has 0 saturated carbocycles. The molecule has 2 unspecified atom stereocenters. The molecule has 6 aliphatic rings. The molecule has 0 aliphatic carbocycles. The van der Waals surface area contributed by atoms with Gasteiger partial charge < -0.3 is 41.1 Å². The van der Waals surface area contributed by atoms with Crippen molar-refractivity contribution in [3.05, 3.63) is 75.6 Å². The fourth-order valence-corrected chi connectivity index (χ4v) is 10.4. The summed E-state index contributed by atoms with van der Waals surface area (Å²) < 4.78 is 35.4. The van der Waals surface area contributed by atoms with Crippen molar-refractivity contribution < 1.29 is 37.5 Å². The summed E-state index contributed by atoms with van der Waals surface area (Å²) in [6, 6.07) is 7.51. The van der Waals surface area contributed by atoms with E-state index in [-0.39, 0.29) is 47.4 Å². The summed E-state index contributed by atoms with van der Waals surface area (Å²) in [7, 11) is 1.58. The van der Waals surface area contributed by atoms with Crippen LogP contribution in [0.25, 0.3) is 5.57 Å². The highest BCUT2D eigenvalue weighted by Gasteiger charge is 2.46. The number of rotatable bonds is 14. The number of halogens is 2. The summed E-state index contributed by atoms with van der Waals surface area (Å²) in [6.07, 6.45) is 5.55. The number of aliphatic imine (C=N–C) groups is 1. The van der Waals surface area contributed by atoms with Gasteiger partial charge in [0, 0.05) is 119 Å². The van der Waals surface area contributed by atoms with Crippen LogP contribution in [0, 0.1) is 5.92 Å². The molecule has 2 aromatic rings. The number of piperidine rings is 3. The predicted octanol–water partition coefficient (Wildman–Crippen LogP) is 3.41. The van der Waals surface area contributed by atoms with Gasteiger partial charge in [0.15, 0.2) is 0 Å². The Balaban J connectivity index is 0.829. The van der Waals surface area contributed by atoms with Gasteiger partial charge in [-0.1, -0.05) is 6.07 Å². The first-order chi connectivity index (χ1) is 31.8. The largest absolute Gasteiger partial charge is 0.492 e. The minimum Gasteiger partial charge on any atom is -0.492 e. The maximum atomic E-state index is 14.6. The summed E-state index contributed by atoms with van der Waals surface area (Å²) in [5.74, 6) is -1.58. The molecule has 8 rings (SSSR count). The maximum Gasteiger partial charge on any atom is 0.266 e. The van der Waals surface area contributed by atoms with Gasteiger partial charge in [0.05, 0.1) is 17.7 Å². The zero-order valence-electron chi connectivity index (χ0n) is 37.9.